The van der Waals surface area contributed by atoms with Crippen molar-refractivity contribution in [3.05, 3.63) is 29.3 Å². The molecule has 2 atom stereocenters. The minimum absolute atomic E-state index is 0.0572. The van der Waals surface area contributed by atoms with Gasteiger partial charge in [-0.25, -0.2) is 9.59 Å². The van der Waals surface area contributed by atoms with Crippen LogP contribution in [0.25, 0.3) is 0 Å². The molecular formula is C18H21BF3NO8. The Balaban J connectivity index is 2.06. The second-order valence-corrected chi connectivity index (χ2v) is 6.98. The summed E-state index contributed by atoms with van der Waals surface area (Å²) in [5.74, 6) is -3.47. The summed E-state index contributed by atoms with van der Waals surface area (Å²) in [5, 5.41) is 12.2. The van der Waals surface area contributed by atoms with E-state index >= 15 is 0 Å². The van der Waals surface area contributed by atoms with Gasteiger partial charge in [0.25, 0.3) is 0 Å². The summed E-state index contributed by atoms with van der Waals surface area (Å²) in [6, 6.07) is 4.31. The van der Waals surface area contributed by atoms with E-state index in [9.17, 15) is 32.6 Å². The largest absolute Gasteiger partial charge is 0.547 e. The quantitative estimate of drug-likeness (QED) is 0.387. The Labute approximate surface area is 175 Å². The first-order valence-corrected chi connectivity index (χ1v) is 9.26. The van der Waals surface area contributed by atoms with Crippen LogP contribution >= 0.6 is 0 Å². The maximum atomic E-state index is 12.4. The molecule has 0 saturated carbocycles. The number of amides is 1. The molecular weight excluding hydrogens is 426 g/mol. The highest BCUT2D eigenvalue weighted by molar-refractivity contribution is 6.47. The van der Waals surface area contributed by atoms with Crippen LogP contribution in [-0.4, -0.2) is 54.7 Å². The highest BCUT2D eigenvalue weighted by Crippen LogP contribution is 2.31. The fraction of sp³-hybridized carbons (Fsp3) is 0.500. The maximum absolute atomic E-state index is 12.4. The molecule has 1 aliphatic heterocycles. The highest BCUT2D eigenvalue weighted by atomic mass is 19.4. The Hall–Kier alpha value is -2.96. The third-order valence-electron chi connectivity index (χ3n) is 3.91. The summed E-state index contributed by atoms with van der Waals surface area (Å²) in [5.41, 5.74) is 0.245. The van der Waals surface area contributed by atoms with Gasteiger partial charge in [-0.05, 0) is 31.9 Å². The van der Waals surface area contributed by atoms with Gasteiger partial charge in [0.05, 0.1) is 12.0 Å². The van der Waals surface area contributed by atoms with E-state index < -0.39 is 56.1 Å². The average Bonchev–Trinajstić information content (AvgIpc) is 2.59. The molecule has 0 radical (unpaired) electrons. The zero-order valence-electron chi connectivity index (χ0n) is 16.9. The molecule has 0 saturated heterocycles. The van der Waals surface area contributed by atoms with Crippen molar-refractivity contribution in [1.29, 1.82) is 0 Å². The predicted octanol–water partition coefficient (Wildman–Crippen LogP) is 2.14. The Kier molecular flexibility index (Phi) is 7.77. The summed E-state index contributed by atoms with van der Waals surface area (Å²) in [7, 11) is -1.70. The number of carbonyl (C=O) groups excluding carboxylic acids is 3. The van der Waals surface area contributed by atoms with E-state index in [4.69, 9.17) is 18.9 Å². The van der Waals surface area contributed by atoms with Gasteiger partial charge in [0.2, 0.25) is 12.2 Å². The average molecular weight is 447 g/mol. The van der Waals surface area contributed by atoms with Crippen LogP contribution in [0.4, 0.5) is 18.0 Å². The van der Waals surface area contributed by atoms with Gasteiger partial charge in [-0.2, -0.15) is 13.2 Å². The molecule has 1 amide bonds. The summed E-state index contributed by atoms with van der Waals surface area (Å²) in [6.07, 6.45) is -9.25. The lowest BCUT2D eigenvalue weighted by atomic mass is 9.72. The number of esters is 1. The summed E-state index contributed by atoms with van der Waals surface area (Å²) < 4.78 is 56.9. The molecule has 0 aliphatic carbocycles. The smallest absolute Gasteiger partial charge is 0.534 e. The van der Waals surface area contributed by atoms with Gasteiger partial charge < -0.3 is 29.2 Å². The molecule has 31 heavy (non-hydrogen) atoms. The van der Waals surface area contributed by atoms with Crippen molar-refractivity contribution in [3.63, 3.8) is 0 Å². The molecule has 9 nitrogen and oxygen atoms in total. The number of hydrogen-bond acceptors (Lipinski definition) is 8. The van der Waals surface area contributed by atoms with Crippen LogP contribution < -0.4 is 9.97 Å². The number of ether oxygens (including phenoxy) is 3. The van der Waals surface area contributed by atoms with Crippen LogP contribution in [0.2, 0.25) is 0 Å². The summed E-state index contributed by atoms with van der Waals surface area (Å²) in [6.45, 7) is 4.50. The third kappa shape index (κ3) is 7.35. The molecule has 1 aliphatic rings. The number of para-hydroxylation sites is 1. The molecule has 1 aromatic carbocycles. The molecule has 0 aromatic heterocycles. The standard InChI is InChI=1S/C18H21BF3NO8/c1-9(2)28-17(26)30-10(3)29-16(25)12-6-4-5-11-7-13(19(27)31-15(11)12)23-14(24)8-18(20,21)22/h4-6,9-10,13,27H,7-8H2,1-3H3,(H,23,24)/t10?,13-/m0/s1. The normalized spacial score (nSPS) is 16.6. The van der Waals surface area contributed by atoms with E-state index in [1.807, 2.05) is 0 Å². The van der Waals surface area contributed by atoms with Crippen LogP contribution in [0.15, 0.2) is 18.2 Å². The van der Waals surface area contributed by atoms with Gasteiger partial charge in [-0.3, -0.25) is 4.79 Å². The number of fused-ring (bicyclic) bond motifs is 1. The third-order valence-corrected chi connectivity index (χ3v) is 3.91. The van der Waals surface area contributed by atoms with Gasteiger partial charge in [-0.1, -0.05) is 12.1 Å². The first kappa shape index (κ1) is 24.3. The van der Waals surface area contributed by atoms with Gasteiger partial charge in [-0.15, -0.1) is 0 Å². The molecule has 0 spiro atoms. The second-order valence-electron chi connectivity index (χ2n) is 6.98. The zero-order valence-corrected chi connectivity index (χ0v) is 16.9. The fourth-order valence-corrected chi connectivity index (χ4v) is 2.74. The molecule has 1 heterocycles. The summed E-state index contributed by atoms with van der Waals surface area (Å²) >= 11 is 0. The number of carbonyl (C=O) groups is 3. The number of alkyl halides is 3. The van der Waals surface area contributed by atoms with Crippen molar-refractivity contribution in [2.24, 2.45) is 0 Å². The van der Waals surface area contributed by atoms with E-state index in [0.29, 0.717) is 5.56 Å². The van der Waals surface area contributed by atoms with Crippen molar-refractivity contribution in [2.75, 3.05) is 0 Å². The predicted molar refractivity (Wildman–Crippen MR) is 98.9 cm³/mol. The minimum atomic E-state index is -4.69. The molecule has 170 valence electrons. The Morgan fingerprint density at radius 1 is 1.23 bits per heavy atom. The molecule has 13 heteroatoms. The lowest BCUT2D eigenvalue weighted by molar-refractivity contribution is -0.154. The number of nitrogens with one attached hydrogen (secondary N) is 1. The molecule has 1 unspecified atom stereocenters. The van der Waals surface area contributed by atoms with Gasteiger partial charge in [0, 0.05) is 6.92 Å². The number of halogens is 3. The number of hydrogen-bond donors (Lipinski definition) is 2. The van der Waals surface area contributed by atoms with Crippen molar-refractivity contribution < 1.29 is 51.4 Å². The van der Waals surface area contributed by atoms with Crippen molar-refractivity contribution in [1.82, 2.24) is 5.32 Å². The van der Waals surface area contributed by atoms with E-state index in [0.717, 1.165) is 0 Å². The first-order valence-electron chi connectivity index (χ1n) is 9.26. The summed E-state index contributed by atoms with van der Waals surface area (Å²) in [4.78, 5) is 35.4. The van der Waals surface area contributed by atoms with Crippen LogP contribution in [-0.2, 0) is 25.4 Å². The van der Waals surface area contributed by atoms with Crippen LogP contribution in [0.5, 0.6) is 5.75 Å². The van der Waals surface area contributed by atoms with E-state index in [1.165, 1.54) is 25.1 Å². The topological polar surface area (TPSA) is 120 Å². The van der Waals surface area contributed by atoms with Crippen molar-refractivity contribution in [2.45, 2.75) is 58.1 Å². The lowest BCUT2D eigenvalue weighted by Gasteiger charge is -2.29. The molecule has 1 aromatic rings. The number of rotatable bonds is 6. The minimum Gasteiger partial charge on any atom is -0.534 e. The Bertz CT molecular complexity index is 833. The van der Waals surface area contributed by atoms with E-state index in [-0.39, 0.29) is 17.7 Å². The van der Waals surface area contributed by atoms with Gasteiger partial charge >= 0.3 is 25.4 Å². The molecule has 0 bridgehead atoms. The van der Waals surface area contributed by atoms with E-state index in [1.54, 1.807) is 13.8 Å². The van der Waals surface area contributed by atoms with E-state index in [2.05, 4.69) is 5.32 Å². The van der Waals surface area contributed by atoms with Crippen LogP contribution in [0.1, 0.15) is 43.1 Å². The first-order chi connectivity index (χ1) is 14.4. The zero-order chi connectivity index (χ0) is 23.3. The maximum Gasteiger partial charge on any atom is 0.547 e. The second kappa shape index (κ2) is 9.90. The van der Waals surface area contributed by atoms with Crippen LogP contribution in [0, 0.1) is 0 Å². The van der Waals surface area contributed by atoms with Crippen molar-refractivity contribution >= 4 is 25.2 Å². The SMILES string of the molecule is CC(C)OC(=O)OC(C)OC(=O)c1cccc2c1OB(O)[C@@H](NC(=O)CC(F)(F)F)C2. The monoisotopic (exact) mass is 447 g/mol. The fourth-order valence-electron chi connectivity index (χ4n) is 2.74. The van der Waals surface area contributed by atoms with Crippen molar-refractivity contribution in [3.8, 4) is 5.75 Å². The van der Waals surface area contributed by atoms with Crippen LogP contribution in [0.3, 0.4) is 0 Å². The van der Waals surface area contributed by atoms with Gasteiger partial charge in [0.15, 0.2) is 0 Å². The lowest BCUT2D eigenvalue weighted by Crippen LogP contribution is -2.53. The highest BCUT2D eigenvalue weighted by Gasteiger charge is 2.40. The Morgan fingerprint density at radius 3 is 2.52 bits per heavy atom. The number of benzene rings is 1. The molecule has 2 rings (SSSR count). The van der Waals surface area contributed by atoms with Gasteiger partial charge in [0.1, 0.15) is 17.7 Å². The molecule has 2 N–H and O–H groups in total. The molecule has 0 fully saturated rings. The Morgan fingerprint density at radius 2 is 1.90 bits per heavy atom.